The first-order valence-corrected chi connectivity index (χ1v) is 11.4. The fourth-order valence-electron chi connectivity index (χ4n) is 3.48. The number of hydrogen-bond donors (Lipinski definition) is 1. The van der Waals surface area contributed by atoms with Gasteiger partial charge in [-0.15, -0.1) is 0 Å². The highest BCUT2D eigenvalue weighted by atomic mass is 16.5. The van der Waals surface area contributed by atoms with Gasteiger partial charge in [0.25, 0.3) is 5.91 Å². The van der Waals surface area contributed by atoms with Crippen molar-refractivity contribution in [3.8, 4) is 11.5 Å². The summed E-state index contributed by atoms with van der Waals surface area (Å²) in [6.45, 7) is 6.71. The monoisotopic (exact) mass is 431 g/mol. The second kappa shape index (κ2) is 11.9. The fraction of sp³-hybridized carbons (Fsp3) is 0.321. The second-order valence-electron chi connectivity index (χ2n) is 8.06. The lowest BCUT2D eigenvalue weighted by Gasteiger charge is -2.19. The molecule has 4 nitrogen and oxygen atoms in total. The van der Waals surface area contributed by atoms with Gasteiger partial charge in [0.05, 0.1) is 6.61 Å². The molecule has 0 spiro atoms. The van der Waals surface area contributed by atoms with Crippen LogP contribution in [0.4, 0.5) is 5.69 Å². The van der Waals surface area contributed by atoms with Crippen LogP contribution in [0.5, 0.6) is 11.5 Å². The number of amides is 1. The predicted molar refractivity (Wildman–Crippen MR) is 131 cm³/mol. The third-order valence-corrected chi connectivity index (χ3v) is 5.56. The van der Waals surface area contributed by atoms with E-state index in [1.54, 1.807) is 6.92 Å². The molecule has 0 aliphatic rings. The molecule has 0 heterocycles. The molecule has 32 heavy (non-hydrogen) atoms. The Labute approximate surface area is 191 Å². The Bertz CT molecular complexity index is 987. The minimum absolute atomic E-state index is 0.190. The maximum absolute atomic E-state index is 12.7. The van der Waals surface area contributed by atoms with E-state index in [4.69, 9.17) is 9.47 Å². The lowest BCUT2D eigenvalue weighted by Crippen LogP contribution is -2.30. The van der Waals surface area contributed by atoms with Crippen LogP contribution in [0, 0.1) is 0 Å². The number of anilines is 1. The van der Waals surface area contributed by atoms with Crippen molar-refractivity contribution in [2.24, 2.45) is 0 Å². The second-order valence-corrected chi connectivity index (χ2v) is 8.06. The van der Waals surface area contributed by atoms with Crippen LogP contribution in [-0.2, 0) is 11.2 Å². The summed E-state index contributed by atoms with van der Waals surface area (Å²) in [5.41, 5.74) is 3.13. The molecule has 4 heteroatoms. The van der Waals surface area contributed by atoms with Gasteiger partial charge in [-0.05, 0) is 61.4 Å². The molecule has 2 unspecified atom stereocenters. The number of hydrogen-bond acceptors (Lipinski definition) is 3. The first kappa shape index (κ1) is 23.4. The minimum Gasteiger partial charge on any atom is -0.494 e. The largest absolute Gasteiger partial charge is 0.494 e. The summed E-state index contributed by atoms with van der Waals surface area (Å²) in [5.74, 6) is 1.69. The highest BCUT2D eigenvalue weighted by Gasteiger charge is 2.18. The molecule has 2 atom stereocenters. The van der Waals surface area contributed by atoms with Crippen molar-refractivity contribution >= 4 is 11.6 Å². The van der Waals surface area contributed by atoms with Gasteiger partial charge in [-0.2, -0.15) is 0 Å². The van der Waals surface area contributed by atoms with Crippen molar-refractivity contribution in [2.45, 2.75) is 52.1 Å². The van der Waals surface area contributed by atoms with Crippen LogP contribution < -0.4 is 14.8 Å². The predicted octanol–water partition coefficient (Wildman–Crippen LogP) is 6.62. The number of ether oxygens (including phenoxy) is 2. The van der Waals surface area contributed by atoms with Crippen LogP contribution in [0.15, 0.2) is 78.9 Å². The van der Waals surface area contributed by atoms with Crippen molar-refractivity contribution in [1.82, 2.24) is 0 Å². The van der Waals surface area contributed by atoms with E-state index in [1.807, 2.05) is 48.5 Å². The molecule has 3 aromatic rings. The average Bonchev–Trinajstić information content (AvgIpc) is 2.82. The van der Waals surface area contributed by atoms with Crippen LogP contribution in [-0.4, -0.2) is 18.6 Å². The Balaban J connectivity index is 1.51. The number of benzene rings is 3. The molecular formula is C28H33NO3. The zero-order valence-electron chi connectivity index (χ0n) is 19.2. The molecule has 0 bridgehead atoms. The number of carbonyl (C=O) groups is 1. The molecule has 0 radical (unpaired) electrons. The first-order chi connectivity index (χ1) is 15.6. The van der Waals surface area contributed by atoms with Crippen molar-refractivity contribution < 1.29 is 14.3 Å². The zero-order valence-corrected chi connectivity index (χ0v) is 19.2. The van der Waals surface area contributed by atoms with Gasteiger partial charge in [0.2, 0.25) is 0 Å². The van der Waals surface area contributed by atoms with E-state index in [-0.39, 0.29) is 5.91 Å². The summed E-state index contributed by atoms with van der Waals surface area (Å²) in [7, 11) is 0. The Morgan fingerprint density at radius 1 is 0.938 bits per heavy atom. The van der Waals surface area contributed by atoms with Crippen LogP contribution in [0.3, 0.4) is 0 Å². The molecule has 0 aliphatic heterocycles. The van der Waals surface area contributed by atoms with Crippen molar-refractivity contribution in [3.63, 3.8) is 0 Å². The van der Waals surface area contributed by atoms with Gasteiger partial charge < -0.3 is 14.8 Å². The third kappa shape index (κ3) is 6.88. The Morgan fingerprint density at radius 3 is 2.47 bits per heavy atom. The molecule has 3 rings (SSSR count). The number of rotatable bonds is 11. The average molecular weight is 432 g/mol. The molecule has 0 saturated carbocycles. The highest BCUT2D eigenvalue weighted by Crippen LogP contribution is 2.29. The molecule has 3 aromatic carbocycles. The molecular weight excluding hydrogens is 398 g/mol. The van der Waals surface area contributed by atoms with Gasteiger partial charge >= 0.3 is 0 Å². The molecule has 0 saturated heterocycles. The fourth-order valence-corrected chi connectivity index (χ4v) is 3.48. The summed E-state index contributed by atoms with van der Waals surface area (Å²) in [6, 6.07) is 25.8. The summed E-state index contributed by atoms with van der Waals surface area (Å²) in [5, 5.41) is 2.94. The first-order valence-electron chi connectivity index (χ1n) is 11.4. The summed E-state index contributed by atoms with van der Waals surface area (Å²) in [6.07, 6.45) is 2.31. The zero-order chi connectivity index (χ0) is 22.8. The van der Waals surface area contributed by atoms with Crippen molar-refractivity contribution in [2.75, 3.05) is 11.9 Å². The summed E-state index contributed by atoms with van der Waals surface area (Å²) in [4.78, 5) is 12.7. The van der Waals surface area contributed by atoms with Gasteiger partial charge in [-0.1, -0.05) is 68.4 Å². The highest BCUT2D eigenvalue weighted by molar-refractivity contribution is 5.94. The lowest BCUT2D eigenvalue weighted by molar-refractivity contribution is -0.122. The van der Waals surface area contributed by atoms with Gasteiger partial charge in [0.1, 0.15) is 11.5 Å². The van der Waals surface area contributed by atoms with Gasteiger partial charge in [-0.3, -0.25) is 4.79 Å². The summed E-state index contributed by atoms with van der Waals surface area (Å²) >= 11 is 0. The van der Waals surface area contributed by atoms with Crippen LogP contribution in [0.25, 0.3) is 0 Å². The van der Waals surface area contributed by atoms with Crippen molar-refractivity contribution in [1.29, 1.82) is 0 Å². The maximum Gasteiger partial charge on any atom is 0.265 e. The van der Waals surface area contributed by atoms with E-state index in [0.717, 1.165) is 36.3 Å². The topological polar surface area (TPSA) is 47.6 Å². The number of carbonyl (C=O) groups excluding carboxylic acids is 1. The molecule has 1 N–H and O–H groups in total. The minimum atomic E-state index is -0.615. The SMILES string of the molecule is CCC(C)c1ccccc1OC(C)C(=O)Nc1cccc(OCCCc2ccccc2)c1. The maximum atomic E-state index is 12.7. The normalized spacial score (nSPS) is 12.6. The van der Waals surface area contributed by atoms with E-state index in [2.05, 4.69) is 49.5 Å². The molecule has 1 amide bonds. The van der Waals surface area contributed by atoms with E-state index < -0.39 is 6.10 Å². The number of aryl methyl sites for hydroxylation is 1. The summed E-state index contributed by atoms with van der Waals surface area (Å²) < 4.78 is 11.9. The van der Waals surface area contributed by atoms with Crippen LogP contribution in [0.2, 0.25) is 0 Å². The smallest absolute Gasteiger partial charge is 0.265 e. The van der Waals surface area contributed by atoms with E-state index in [9.17, 15) is 4.79 Å². The lowest BCUT2D eigenvalue weighted by atomic mass is 9.98. The van der Waals surface area contributed by atoms with E-state index in [1.165, 1.54) is 5.56 Å². The van der Waals surface area contributed by atoms with Crippen LogP contribution >= 0.6 is 0 Å². The molecule has 0 aliphatic carbocycles. The Morgan fingerprint density at radius 2 is 1.69 bits per heavy atom. The van der Waals surface area contributed by atoms with Gasteiger partial charge in [0.15, 0.2) is 6.10 Å². The van der Waals surface area contributed by atoms with Crippen molar-refractivity contribution in [3.05, 3.63) is 90.0 Å². The third-order valence-electron chi connectivity index (χ3n) is 5.56. The molecule has 0 fully saturated rings. The quantitative estimate of drug-likeness (QED) is 0.347. The van der Waals surface area contributed by atoms with Gasteiger partial charge in [-0.25, -0.2) is 0 Å². The Kier molecular flexibility index (Phi) is 8.73. The Hall–Kier alpha value is -3.27. The molecule has 168 valence electrons. The van der Waals surface area contributed by atoms with E-state index in [0.29, 0.717) is 18.2 Å². The number of nitrogens with one attached hydrogen (secondary N) is 1. The van der Waals surface area contributed by atoms with Gasteiger partial charge in [0, 0.05) is 11.8 Å². The van der Waals surface area contributed by atoms with E-state index >= 15 is 0 Å². The standard InChI is InChI=1S/C28H33NO3/c1-4-21(2)26-17-8-9-18-27(26)32-22(3)28(30)29-24-15-10-16-25(20-24)31-19-11-14-23-12-6-5-7-13-23/h5-10,12-13,15-18,20-22H,4,11,14,19H2,1-3H3,(H,29,30). The number of para-hydroxylation sites is 1. The molecule has 0 aromatic heterocycles. The van der Waals surface area contributed by atoms with Crippen LogP contribution in [0.1, 0.15) is 50.7 Å².